The van der Waals surface area contributed by atoms with E-state index in [4.69, 9.17) is 4.74 Å². The monoisotopic (exact) mass is 970 g/mol. The van der Waals surface area contributed by atoms with Gasteiger partial charge in [0.2, 0.25) is 5.91 Å². The van der Waals surface area contributed by atoms with Gasteiger partial charge in [0, 0.05) is 12.8 Å². The molecular formula is C63H119NO5. The van der Waals surface area contributed by atoms with Crippen LogP contribution in [0.25, 0.3) is 0 Å². The van der Waals surface area contributed by atoms with Crippen molar-refractivity contribution in [2.75, 3.05) is 13.2 Å². The van der Waals surface area contributed by atoms with E-state index in [1.807, 2.05) is 0 Å². The van der Waals surface area contributed by atoms with Crippen molar-refractivity contribution in [1.82, 2.24) is 5.32 Å². The van der Waals surface area contributed by atoms with E-state index in [0.717, 1.165) is 64.2 Å². The molecule has 1 amide bonds. The Bertz CT molecular complexity index is 1120. The molecule has 406 valence electrons. The Kier molecular flexibility index (Phi) is 57.0. The van der Waals surface area contributed by atoms with Crippen molar-refractivity contribution in [1.29, 1.82) is 0 Å². The second kappa shape index (κ2) is 58.6. The molecule has 0 rings (SSSR count). The summed E-state index contributed by atoms with van der Waals surface area (Å²) in [5, 5.41) is 23.3. The number of ether oxygens (including phenoxy) is 1. The molecule has 6 nitrogen and oxygen atoms in total. The van der Waals surface area contributed by atoms with Gasteiger partial charge in [-0.2, -0.15) is 0 Å². The number of aliphatic hydroxyl groups excluding tert-OH is 2. The van der Waals surface area contributed by atoms with Crippen molar-refractivity contribution in [3.8, 4) is 0 Å². The minimum absolute atomic E-state index is 0.00887. The molecule has 0 heterocycles. The predicted molar refractivity (Wildman–Crippen MR) is 301 cm³/mol. The van der Waals surface area contributed by atoms with Crippen LogP contribution in [-0.4, -0.2) is 47.4 Å². The average Bonchev–Trinajstić information content (AvgIpc) is 3.35. The summed E-state index contributed by atoms with van der Waals surface area (Å²) in [4.78, 5) is 24.6. The number of nitrogens with one attached hydrogen (secondary N) is 1. The van der Waals surface area contributed by atoms with E-state index in [1.54, 1.807) is 0 Å². The molecule has 0 aliphatic rings. The molecule has 0 saturated heterocycles. The van der Waals surface area contributed by atoms with Gasteiger partial charge in [-0.1, -0.05) is 269 Å². The van der Waals surface area contributed by atoms with Gasteiger partial charge in [0.15, 0.2) is 0 Å². The van der Waals surface area contributed by atoms with Crippen molar-refractivity contribution >= 4 is 11.9 Å². The van der Waals surface area contributed by atoms with Gasteiger partial charge in [0.05, 0.1) is 25.4 Å². The van der Waals surface area contributed by atoms with Crippen molar-refractivity contribution in [2.24, 2.45) is 0 Å². The maximum absolute atomic E-state index is 12.5. The number of amides is 1. The lowest BCUT2D eigenvalue weighted by molar-refractivity contribution is -0.143. The number of unbranched alkanes of at least 4 members (excludes halogenated alkanes) is 40. The first-order chi connectivity index (χ1) is 34.0. The summed E-state index contributed by atoms with van der Waals surface area (Å²) in [5.74, 6) is -0.0544. The number of hydrogen-bond acceptors (Lipinski definition) is 5. The number of allylic oxidation sites excluding steroid dienone is 6. The van der Waals surface area contributed by atoms with Gasteiger partial charge >= 0.3 is 5.97 Å². The average molecular weight is 971 g/mol. The summed E-state index contributed by atoms with van der Waals surface area (Å²) in [6.07, 6.45) is 72.8. The molecule has 2 atom stereocenters. The molecule has 3 N–H and O–H groups in total. The quantitative estimate of drug-likeness (QED) is 0.0321. The molecule has 0 radical (unpaired) electrons. The van der Waals surface area contributed by atoms with Gasteiger partial charge in [0.25, 0.3) is 0 Å². The lowest BCUT2D eigenvalue weighted by Gasteiger charge is -2.22. The second-order valence-electron chi connectivity index (χ2n) is 21.0. The second-order valence-corrected chi connectivity index (χ2v) is 21.0. The third kappa shape index (κ3) is 55.2. The van der Waals surface area contributed by atoms with E-state index in [2.05, 4.69) is 55.6 Å². The third-order valence-electron chi connectivity index (χ3n) is 14.2. The molecule has 0 aliphatic carbocycles. The van der Waals surface area contributed by atoms with Crippen molar-refractivity contribution in [3.63, 3.8) is 0 Å². The van der Waals surface area contributed by atoms with Crippen LogP contribution in [-0.2, 0) is 14.3 Å². The minimum atomic E-state index is -0.673. The van der Waals surface area contributed by atoms with Crippen LogP contribution in [0, 0.1) is 0 Å². The summed E-state index contributed by atoms with van der Waals surface area (Å²) in [6.45, 7) is 4.93. The molecule has 69 heavy (non-hydrogen) atoms. The van der Waals surface area contributed by atoms with Crippen LogP contribution >= 0.6 is 0 Å². The third-order valence-corrected chi connectivity index (χ3v) is 14.2. The zero-order valence-electron chi connectivity index (χ0n) is 46.3. The van der Waals surface area contributed by atoms with Gasteiger partial charge in [-0.3, -0.25) is 9.59 Å². The Labute approximate surface area is 430 Å². The molecule has 0 aromatic rings. The number of esters is 1. The van der Waals surface area contributed by atoms with E-state index < -0.39 is 12.1 Å². The molecule has 0 bridgehead atoms. The standard InChI is InChI=1S/C63H119NO5/c1-3-5-7-9-11-13-15-17-19-21-25-29-33-37-41-45-49-53-57-63(68)69-58-54-50-46-42-38-34-30-26-22-24-28-32-36-40-44-48-52-56-62(67)64-60(59-65)61(66)55-51-47-43-39-35-31-27-23-20-18-16-14-12-10-8-6-4-2/h13,15,19,21-22,26,60-61,65-66H,3-12,14,16-18,20,23-25,27-59H2,1-2H3,(H,64,67)/b15-13-,21-19-,26-22-. The van der Waals surface area contributed by atoms with Crippen LogP contribution in [0.2, 0.25) is 0 Å². The normalized spacial score (nSPS) is 12.8. The van der Waals surface area contributed by atoms with Gasteiger partial charge < -0.3 is 20.3 Å². The highest BCUT2D eigenvalue weighted by Crippen LogP contribution is 2.17. The van der Waals surface area contributed by atoms with Gasteiger partial charge in [0.1, 0.15) is 0 Å². The lowest BCUT2D eigenvalue weighted by Crippen LogP contribution is -2.45. The van der Waals surface area contributed by atoms with Gasteiger partial charge in [-0.05, 0) is 83.5 Å². The Hall–Kier alpha value is -1.92. The molecule has 0 aliphatic heterocycles. The van der Waals surface area contributed by atoms with Gasteiger partial charge in [-0.15, -0.1) is 0 Å². The van der Waals surface area contributed by atoms with E-state index in [9.17, 15) is 19.8 Å². The van der Waals surface area contributed by atoms with Crippen LogP contribution in [0.5, 0.6) is 0 Å². The van der Waals surface area contributed by atoms with Crippen molar-refractivity contribution < 1.29 is 24.5 Å². The highest BCUT2D eigenvalue weighted by Gasteiger charge is 2.20. The maximum Gasteiger partial charge on any atom is 0.305 e. The molecule has 6 heteroatoms. The Morgan fingerprint density at radius 2 is 0.725 bits per heavy atom. The molecular weight excluding hydrogens is 851 g/mol. The zero-order valence-corrected chi connectivity index (χ0v) is 46.3. The SMILES string of the molecule is CCCCCC/C=C\C/C=C\CCCCCCCCCC(=O)OCCCCCCCC/C=C\CCCCCCCCCC(=O)NC(CO)C(O)CCCCCCCCCCCCCCCCCCC. The summed E-state index contributed by atoms with van der Waals surface area (Å²) < 4.78 is 5.48. The number of hydrogen-bond donors (Lipinski definition) is 3. The van der Waals surface area contributed by atoms with Crippen LogP contribution in [0.3, 0.4) is 0 Å². The van der Waals surface area contributed by atoms with Crippen LogP contribution in [0.4, 0.5) is 0 Å². The first-order valence-electron chi connectivity index (χ1n) is 30.7. The Balaban J connectivity index is 3.45. The molecule has 0 spiro atoms. The fraction of sp³-hybridized carbons (Fsp3) is 0.873. The van der Waals surface area contributed by atoms with E-state index in [-0.39, 0.29) is 18.5 Å². The van der Waals surface area contributed by atoms with Crippen molar-refractivity contribution in [3.05, 3.63) is 36.5 Å². The largest absolute Gasteiger partial charge is 0.466 e. The molecule has 0 aromatic heterocycles. The van der Waals surface area contributed by atoms with Crippen molar-refractivity contribution in [2.45, 2.75) is 341 Å². The van der Waals surface area contributed by atoms with E-state index in [1.165, 1.54) is 231 Å². The molecule has 0 saturated carbocycles. The topological polar surface area (TPSA) is 95.9 Å². The molecule has 0 aromatic carbocycles. The highest BCUT2D eigenvalue weighted by atomic mass is 16.5. The van der Waals surface area contributed by atoms with Gasteiger partial charge in [-0.25, -0.2) is 0 Å². The minimum Gasteiger partial charge on any atom is -0.466 e. The summed E-state index contributed by atoms with van der Waals surface area (Å²) in [5.41, 5.74) is 0. The molecule has 0 fully saturated rings. The van der Waals surface area contributed by atoms with Crippen LogP contribution in [0.15, 0.2) is 36.5 Å². The zero-order chi connectivity index (χ0) is 50.0. The maximum atomic E-state index is 12.5. The first kappa shape index (κ1) is 67.1. The fourth-order valence-electron chi connectivity index (χ4n) is 9.43. The van der Waals surface area contributed by atoms with Crippen LogP contribution < -0.4 is 5.32 Å². The number of aliphatic hydroxyl groups is 2. The predicted octanol–water partition coefficient (Wildman–Crippen LogP) is 19.2. The molecule has 2 unspecified atom stereocenters. The summed E-state index contributed by atoms with van der Waals surface area (Å²) >= 11 is 0. The van der Waals surface area contributed by atoms with Crippen LogP contribution in [0.1, 0.15) is 328 Å². The fourth-order valence-corrected chi connectivity index (χ4v) is 9.43. The number of carbonyl (C=O) groups is 2. The number of rotatable bonds is 57. The Morgan fingerprint density at radius 1 is 0.406 bits per heavy atom. The highest BCUT2D eigenvalue weighted by molar-refractivity contribution is 5.76. The smallest absolute Gasteiger partial charge is 0.305 e. The Morgan fingerprint density at radius 3 is 1.13 bits per heavy atom. The summed E-state index contributed by atoms with van der Waals surface area (Å²) in [7, 11) is 0. The summed E-state index contributed by atoms with van der Waals surface area (Å²) in [6, 6.07) is -0.551. The van der Waals surface area contributed by atoms with E-state index >= 15 is 0 Å². The lowest BCUT2D eigenvalue weighted by atomic mass is 10.0. The number of carbonyl (C=O) groups excluding carboxylic acids is 2. The van der Waals surface area contributed by atoms with E-state index in [0.29, 0.717) is 25.9 Å². The first-order valence-corrected chi connectivity index (χ1v) is 30.7.